The molecule has 0 fully saturated rings. The molecular weight excluding hydrogens is 352 g/mol. The van der Waals surface area contributed by atoms with Gasteiger partial charge in [-0.05, 0) is 38.0 Å². The summed E-state index contributed by atoms with van der Waals surface area (Å²) in [5.74, 6) is -1.14. The van der Waals surface area contributed by atoms with Gasteiger partial charge in [-0.2, -0.15) is 0 Å². The SMILES string of the molecule is COc1cc(NC(=O)COC(=O)c2ccc(C)cc2C)c(C)cc1[N+](=O)[O-]. The van der Waals surface area contributed by atoms with Crippen LogP contribution in [0.15, 0.2) is 30.3 Å². The average molecular weight is 372 g/mol. The van der Waals surface area contributed by atoms with E-state index in [1.807, 2.05) is 13.0 Å². The van der Waals surface area contributed by atoms with Gasteiger partial charge in [0.25, 0.3) is 5.91 Å². The van der Waals surface area contributed by atoms with Crippen LogP contribution in [0.1, 0.15) is 27.0 Å². The number of amides is 1. The van der Waals surface area contributed by atoms with E-state index in [4.69, 9.17) is 9.47 Å². The maximum Gasteiger partial charge on any atom is 0.338 e. The highest BCUT2D eigenvalue weighted by Gasteiger charge is 2.19. The minimum atomic E-state index is -0.597. The lowest BCUT2D eigenvalue weighted by atomic mass is 10.1. The smallest absolute Gasteiger partial charge is 0.338 e. The first kappa shape index (κ1) is 19.9. The number of nitrogens with zero attached hydrogens (tertiary/aromatic N) is 1. The van der Waals surface area contributed by atoms with Crippen molar-refractivity contribution in [1.29, 1.82) is 0 Å². The van der Waals surface area contributed by atoms with Crippen LogP contribution in [0.25, 0.3) is 0 Å². The van der Waals surface area contributed by atoms with Crippen molar-refractivity contribution in [2.45, 2.75) is 20.8 Å². The Hall–Kier alpha value is -3.42. The monoisotopic (exact) mass is 372 g/mol. The molecule has 0 aliphatic carbocycles. The molecule has 0 atom stereocenters. The molecule has 8 heteroatoms. The van der Waals surface area contributed by atoms with Gasteiger partial charge in [0.2, 0.25) is 0 Å². The third-order valence-corrected chi connectivity index (χ3v) is 3.93. The predicted octanol–water partition coefficient (Wildman–Crippen LogP) is 3.32. The number of anilines is 1. The second-order valence-electron chi connectivity index (χ2n) is 6.04. The van der Waals surface area contributed by atoms with E-state index in [1.165, 1.54) is 19.2 Å². The first-order chi connectivity index (χ1) is 12.7. The van der Waals surface area contributed by atoms with Crippen LogP contribution in [0, 0.1) is 30.9 Å². The van der Waals surface area contributed by atoms with Crippen molar-refractivity contribution in [1.82, 2.24) is 0 Å². The number of methoxy groups -OCH3 is 1. The maximum atomic E-state index is 12.1. The number of aryl methyl sites for hydroxylation is 3. The van der Waals surface area contributed by atoms with Crippen LogP contribution >= 0.6 is 0 Å². The van der Waals surface area contributed by atoms with Crippen LogP contribution < -0.4 is 10.1 Å². The van der Waals surface area contributed by atoms with Gasteiger partial charge in [-0.25, -0.2) is 4.79 Å². The largest absolute Gasteiger partial charge is 0.490 e. The zero-order valence-electron chi connectivity index (χ0n) is 15.5. The molecule has 1 N–H and O–H groups in total. The molecule has 0 aliphatic heterocycles. The zero-order chi connectivity index (χ0) is 20.1. The van der Waals surface area contributed by atoms with Crippen LogP contribution in [0.3, 0.4) is 0 Å². The number of rotatable bonds is 6. The Bertz CT molecular complexity index is 907. The number of carbonyl (C=O) groups is 2. The molecule has 2 aromatic carbocycles. The highest BCUT2D eigenvalue weighted by atomic mass is 16.6. The first-order valence-corrected chi connectivity index (χ1v) is 8.10. The first-order valence-electron chi connectivity index (χ1n) is 8.10. The van der Waals surface area contributed by atoms with Crippen LogP contribution in [-0.4, -0.2) is 30.5 Å². The van der Waals surface area contributed by atoms with Crippen molar-refractivity contribution in [3.05, 3.63) is 62.7 Å². The zero-order valence-corrected chi connectivity index (χ0v) is 15.5. The quantitative estimate of drug-likeness (QED) is 0.473. The van der Waals surface area contributed by atoms with Gasteiger partial charge in [-0.15, -0.1) is 0 Å². The Morgan fingerprint density at radius 3 is 2.41 bits per heavy atom. The second-order valence-corrected chi connectivity index (χ2v) is 6.04. The third-order valence-electron chi connectivity index (χ3n) is 3.93. The molecule has 0 bridgehead atoms. The van der Waals surface area contributed by atoms with Gasteiger partial charge in [-0.1, -0.05) is 17.7 Å². The van der Waals surface area contributed by atoms with E-state index in [-0.39, 0.29) is 11.4 Å². The number of nitro benzene ring substituents is 1. The van der Waals surface area contributed by atoms with E-state index >= 15 is 0 Å². The van der Waals surface area contributed by atoms with Crippen molar-refractivity contribution in [2.75, 3.05) is 19.0 Å². The van der Waals surface area contributed by atoms with Gasteiger partial charge in [-0.3, -0.25) is 14.9 Å². The summed E-state index contributed by atoms with van der Waals surface area (Å²) in [5, 5.41) is 13.6. The fourth-order valence-corrected chi connectivity index (χ4v) is 2.55. The maximum absolute atomic E-state index is 12.1. The third kappa shape index (κ3) is 4.81. The molecule has 0 saturated carbocycles. The van der Waals surface area contributed by atoms with Gasteiger partial charge < -0.3 is 14.8 Å². The molecule has 0 spiro atoms. The summed E-state index contributed by atoms with van der Waals surface area (Å²) in [6.45, 7) is 4.83. The molecule has 0 heterocycles. The van der Waals surface area contributed by atoms with Crippen molar-refractivity contribution >= 4 is 23.3 Å². The summed E-state index contributed by atoms with van der Waals surface area (Å²) in [7, 11) is 1.30. The fourth-order valence-electron chi connectivity index (χ4n) is 2.55. The Balaban J connectivity index is 2.05. The van der Waals surface area contributed by atoms with E-state index in [9.17, 15) is 19.7 Å². The van der Waals surface area contributed by atoms with E-state index in [0.29, 0.717) is 16.8 Å². The molecule has 0 radical (unpaired) electrons. The summed E-state index contributed by atoms with van der Waals surface area (Å²) in [4.78, 5) is 34.7. The predicted molar refractivity (Wildman–Crippen MR) is 99.2 cm³/mol. The molecule has 2 rings (SSSR count). The number of ether oxygens (including phenoxy) is 2. The van der Waals surface area contributed by atoms with Crippen molar-refractivity contribution in [3.63, 3.8) is 0 Å². The Morgan fingerprint density at radius 2 is 1.81 bits per heavy atom. The summed E-state index contributed by atoms with van der Waals surface area (Å²) in [6, 6.07) is 7.95. The summed E-state index contributed by atoms with van der Waals surface area (Å²) >= 11 is 0. The van der Waals surface area contributed by atoms with Crippen LogP contribution in [-0.2, 0) is 9.53 Å². The van der Waals surface area contributed by atoms with Gasteiger partial charge in [0.15, 0.2) is 12.4 Å². The summed E-state index contributed by atoms with van der Waals surface area (Å²) < 4.78 is 10.0. The molecule has 0 saturated heterocycles. The molecule has 0 aliphatic rings. The van der Waals surface area contributed by atoms with E-state index in [1.54, 1.807) is 26.0 Å². The molecule has 0 aromatic heterocycles. The molecular formula is C19H20N2O6. The Kier molecular flexibility index (Phi) is 6.12. The lowest BCUT2D eigenvalue weighted by Gasteiger charge is -2.11. The molecule has 1 amide bonds. The topological polar surface area (TPSA) is 108 Å². The molecule has 8 nitrogen and oxygen atoms in total. The molecule has 27 heavy (non-hydrogen) atoms. The van der Waals surface area contributed by atoms with Crippen molar-refractivity contribution in [2.24, 2.45) is 0 Å². The summed E-state index contributed by atoms with van der Waals surface area (Å²) in [6.07, 6.45) is 0. The fraction of sp³-hybridized carbons (Fsp3) is 0.263. The number of hydrogen-bond acceptors (Lipinski definition) is 6. The van der Waals surface area contributed by atoms with E-state index < -0.39 is 23.4 Å². The standard InChI is InChI=1S/C19H20N2O6/c1-11-5-6-14(12(2)7-11)19(23)27-10-18(22)20-15-9-17(26-4)16(21(24)25)8-13(15)3/h5-9H,10H2,1-4H3,(H,20,22). The molecule has 142 valence electrons. The highest BCUT2D eigenvalue weighted by molar-refractivity contribution is 5.96. The van der Waals surface area contributed by atoms with Gasteiger partial charge >= 0.3 is 11.7 Å². The second kappa shape index (κ2) is 8.31. The minimum absolute atomic E-state index is 0.0215. The number of esters is 1. The number of carbonyl (C=O) groups excluding carboxylic acids is 2. The highest BCUT2D eigenvalue weighted by Crippen LogP contribution is 2.32. The van der Waals surface area contributed by atoms with Crippen LogP contribution in [0.2, 0.25) is 0 Å². The van der Waals surface area contributed by atoms with Gasteiger partial charge in [0.1, 0.15) is 0 Å². The molecule has 0 unspecified atom stereocenters. The van der Waals surface area contributed by atoms with Gasteiger partial charge in [0, 0.05) is 17.8 Å². The number of hydrogen-bond donors (Lipinski definition) is 1. The lowest BCUT2D eigenvalue weighted by molar-refractivity contribution is -0.385. The van der Waals surface area contributed by atoms with E-state index in [0.717, 1.165) is 11.1 Å². The van der Waals surface area contributed by atoms with E-state index in [2.05, 4.69) is 5.32 Å². The molecule has 2 aromatic rings. The Labute approximate surface area is 156 Å². The normalized spacial score (nSPS) is 10.2. The number of benzene rings is 2. The summed E-state index contributed by atoms with van der Waals surface area (Å²) in [5.41, 5.74) is 2.79. The van der Waals surface area contributed by atoms with Crippen LogP contribution in [0.5, 0.6) is 5.75 Å². The van der Waals surface area contributed by atoms with Crippen molar-refractivity contribution in [3.8, 4) is 5.75 Å². The number of nitro groups is 1. The average Bonchev–Trinajstić information content (AvgIpc) is 2.60. The van der Waals surface area contributed by atoms with Crippen LogP contribution in [0.4, 0.5) is 11.4 Å². The Morgan fingerprint density at radius 1 is 1.11 bits per heavy atom. The number of nitrogens with one attached hydrogen (secondary N) is 1. The van der Waals surface area contributed by atoms with Crippen molar-refractivity contribution < 1.29 is 24.0 Å². The van der Waals surface area contributed by atoms with Gasteiger partial charge in [0.05, 0.1) is 17.6 Å². The minimum Gasteiger partial charge on any atom is -0.490 e. The lowest BCUT2D eigenvalue weighted by Crippen LogP contribution is -2.21.